The minimum atomic E-state index is -0.833. The highest BCUT2D eigenvalue weighted by Crippen LogP contribution is 2.29. The summed E-state index contributed by atoms with van der Waals surface area (Å²) in [6.07, 6.45) is 1.33. The fourth-order valence-electron chi connectivity index (χ4n) is 0.814. The van der Waals surface area contributed by atoms with Gasteiger partial charge in [0.25, 0.3) is 5.97 Å². The Morgan fingerprint density at radius 3 is 2.21 bits per heavy atom. The van der Waals surface area contributed by atoms with E-state index in [2.05, 4.69) is 10.2 Å². The SMILES string of the molecule is CC(=O)O.NC(N)=NN=Cc1c(Cl)ccc(Cl)c1Cl. The Labute approximate surface area is 124 Å². The van der Waals surface area contributed by atoms with Crippen molar-refractivity contribution >= 4 is 52.9 Å². The van der Waals surface area contributed by atoms with Crippen molar-refractivity contribution < 1.29 is 9.90 Å². The lowest BCUT2D eigenvalue weighted by molar-refractivity contribution is -0.134. The molecule has 0 aliphatic heterocycles. The van der Waals surface area contributed by atoms with Crippen molar-refractivity contribution in [3.63, 3.8) is 0 Å². The first-order chi connectivity index (χ1) is 8.75. The van der Waals surface area contributed by atoms with Crippen LogP contribution in [0.2, 0.25) is 15.1 Å². The van der Waals surface area contributed by atoms with Crippen molar-refractivity contribution in [2.45, 2.75) is 6.92 Å². The van der Waals surface area contributed by atoms with E-state index < -0.39 is 5.97 Å². The molecule has 0 bridgehead atoms. The number of hydrogen-bond acceptors (Lipinski definition) is 3. The molecule has 104 valence electrons. The molecule has 0 unspecified atom stereocenters. The largest absolute Gasteiger partial charge is 0.481 e. The van der Waals surface area contributed by atoms with Gasteiger partial charge in [-0.15, -0.1) is 5.10 Å². The van der Waals surface area contributed by atoms with Crippen LogP contribution < -0.4 is 11.5 Å². The molecule has 0 heterocycles. The van der Waals surface area contributed by atoms with E-state index >= 15 is 0 Å². The fraction of sp³-hybridized carbons (Fsp3) is 0.100. The van der Waals surface area contributed by atoms with E-state index in [0.29, 0.717) is 20.6 Å². The zero-order chi connectivity index (χ0) is 15.0. The average Bonchev–Trinajstić information content (AvgIpc) is 2.27. The van der Waals surface area contributed by atoms with E-state index in [1.165, 1.54) is 6.21 Å². The summed E-state index contributed by atoms with van der Waals surface area (Å²) >= 11 is 17.6. The van der Waals surface area contributed by atoms with Crippen LogP contribution in [0.1, 0.15) is 12.5 Å². The number of guanidine groups is 1. The highest BCUT2D eigenvalue weighted by atomic mass is 35.5. The number of halogens is 3. The van der Waals surface area contributed by atoms with Gasteiger partial charge in [-0.05, 0) is 12.1 Å². The maximum atomic E-state index is 9.00. The molecular formula is C10H11Cl3N4O2. The molecule has 5 N–H and O–H groups in total. The summed E-state index contributed by atoms with van der Waals surface area (Å²) in [5, 5.41) is 15.5. The van der Waals surface area contributed by atoms with E-state index in [1.807, 2.05) is 0 Å². The van der Waals surface area contributed by atoms with Crippen LogP contribution in [-0.4, -0.2) is 23.2 Å². The summed E-state index contributed by atoms with van der Waals surface area (Å²) in [5.74, 6) is -0.986. The van der Waals surface area contributed by atoms with Gasteiger partial charge in [-0.25, -0.2) is 0 Å². The second-order valence-corrected chi connectivity index (χ2v) is 4.24. The van der Waals surface area contributed by atoms with Gasteiger partial charge < -0.3 is 16.6 Å². The molecule has 1 aromatic rings. The Morgan fingerprint density at radius 1 is 1.26 bits per heavy atom. The van der Waals surface area contributed by atoms with Crippen LogP contribution in [0, 0.1) is 0 Å². The van der Waals surface area contributed by atoms with Crippen LogP contribution in [0.15, 0.2) is 22.3 Å². The van der Waals surface area contributed by atoms with Gasteiger partial charge in [-0.3, -0.25) is 4.79 Å². The number of carboxylic acids is 1. The molecule has 0 spiro atoms. The van der Waals surface area contributed by atoms with E-state index in [9.17, 15) is 0 Å². The number of aliphatic carboxylic acids is 1. The molecule has 0 aliphatic rings. The number of nitrogens with two attached hydrogens (primary N) is 2. The highest BCUT2D eigenvalue weighted by Gasteiger charge is 2.06. The minimum Gasteiger partial charge on any atom is -0.481 e. The summed E-state index contributed by atoms with van der Waals surface area (Å²) in [7, 11) is 0. The molecule has 0 aliphatic carbocycles. The molecule has 1 rings (SSSR count). The first-order valence-corrected chi connectivity index (χ1v) is 5.84. The quantitative estimate of drug-likeness (QED) is 0.335. The van der Waals surface area contributed by atoms with Crippen LogP contribution in [0.3, 0.4) is 0 Å². The van der Waals surface area contributed by atoms with Crippen molar-refractivity contribution in [1.82, 2.24) is 0 Å². The van der Waals surface area contributed by atoms with E-state index in [1.54, 1.807) is 12.1 Å². The number of carbonyl (C=O) groups is 1. The van der Waals surface area contributed by atoms with E-state index in [4.69, 9.17) is 56.2 Å². The van der Waals surface area contributed by atoms with Crippen molar-refractivity contribution in [3.05, 3.63) is 32.8 Å². The van der Waals surface area contributed by atoms with Crippen LogP contribution >= 0.6 is 34.8 Å². The minimum absolute atomic E-state index is 0.152. The first kappa shape index (κ1) is 17.5. The van der Waals surface area contributed by atoms with Gasteiger partial charge in [0.2, 0.25) is 5.96 Å². The third-order valence-corrected chi connectivity index (χ3v) is 2.59. The lowest BCUT2D eigenvalue weighted by Crippen LogP contribution is -2.21. The van der Waals surface area contributed by atoms with Crippen molar-refractivity contribution in [1.29, 1.82) is 0 Å². The summed E-state index contributed by atoms with van der Waals surface area (Å²) in [4.78, 5) is 9.00. The van der Waals surface area contributed by atoms with Gasteiger partial charge in [0.1, 0.15) is 0 Å². The maximum absolute atomic E-state index is 9.00. The van der Waals surface area contributed by atoms with Crippen LogP contribution in [0.25, 0.3) is 0 Å². The Hall–Kier alpha value is -1.50. The molecular weight excluding hydrogens is 314 g/mol. The van der Waals surface area contributed by atoms with Gasteiger partial charge in [0, 0.05) is 12.5 Å². The van der Waals surface area contributed by atoms with E-state index in [0.717, 1.165) is 6.92 Å². The average molecular weight is 326 g/mol. The Kier molecular flexibility index (Phi) is 7.90. The maximum Gasteiger partial charge on any atom is 0.300 e. The van der Waals surface area contributed by atoms with Gasteiger partial charge in [-0.2, -0.15) is 5.10 Å². The monoisotopic (exact) mass is 324 g/mol. The standard InChI is InChI=1S/C8H7Cl3N4.C2H4O2/c9-5-1-2-6(10)7(11)4(5)3-14-15-8(12)13;1-2(3)4/h1-3H,(H4,12,13,15);1H3,(H,3,4). The third kappa shape index (κ3) is 7.50. The zero-order valence-electron chi connectivity index (χ0n) is 9.77. The molecule has 0 radical (unpaired) electrons. The molecule has 0 aromatic heterocycles. The Balaban J connectivity index is 0.000000711. The highest BCUT2D eigenvalue weighted by molar-refractivity contribution is 6.45. The molecule has 0 fully saturated rings. The molecule has 19 heavy (non-hydrogen) atoms. The lowest BCUT2D eigenvalue weighted by Gasteiger charge is -2.01. The number of carboxylic acid groups (broad SMARTS) is 1. The zero-order valence-corrected chi connectivity index (χ0v) is 12.0. The number of nitrogens with zero attached hydrogens (tertiary/aromatic N) is 2. The predicted octanol–water partition coefficient (Wildman–Crippen LogP) is 2.35. The molecule has 0 amide bonds. The first-order valence-electron chi connectivity index (χ1n) is 4.70. The van der Waals surface area contributed by atoms with E-state index in [-0.39, 0.29) is 5.96 Å². The summed E-state index contributed by atoms with van der Waals surface area (Å²) in [5.41, 5.74) is 10.6. The van der Waals surface area contributed by atoms with Gasteiger partial charge in [0.15, 0.2) is 0 Å². The topological polar surface area (TPSA) is 114 Å². The third-order valence-electron chi connectivity index (χ3n) is 1.44. The van der Waals surface area contributed by atoms with Gasteiger partial charge in [-0.1, -0.05) is 34.8 Å². The van der Waals surface area contributed by atoms with Crippen molar-refractivity contribution in [2.75, 3.05) is 0 Å². The molecule has 1 aromatic carbocycles. The van der Waals surface area contributed by atoms with Crippen LogP contribution in [0.5, 0.6) is 0 Å². The fourth-order valence-corrected chi connectivity index (χ4v) is 1.45. The van der Waals surface area contributed by atoms with Gasteiger partial charge >= 0.3 is 0 Å². The van der Waals surface area contributed by atoms with Gasteiger partial charge in [0.05, 0.1) is 21.3 Å². The summed E-state index contributed by atoms with van der Waals surface area (Å²) in [6.45, 7) is 1.08. The number of hydrogen-bond donors (Lipinski definition) is 3. The number of rotatable bonds is 2. The summed E-state index contributed by atoms with van der Waals surface area (Å²) < 4.78 is 0. The second-order valence-electron chi connectivity index (χ2n) is 3.05. The van der Waals surface area contributed by atoms with Crippen molar-refractivity contribution in [2.24, 2.45) is 21.7 Å². The molecule has 0 atom stereocenters. The Bertz CT molecular complexity index is 510. The molecule has 0 saturated heterocycles. The molecule has 9 heteroatoms. The lowest BCUT2D eigenvalue weighted by atomic mass is 10.2. The van der Waals surface area contributed by atoms with Crippen LogP contribution in [0.4, 0.5) is 0 Å². The smallest absolute Gasteiger partial charge is 0.300 e. The normalized spacial score (nSPS) is 9.68. The predicted molar refractivity (Wildman–Crippen MR) is 78.2 cm³/mol. The summed E-state index contributed by atoms with van der Waals surface area (Å²) in [6, 6.07) is 3.19. The van der Waals surface area contributed by atoms with Crippen molar-refractivity contribution in [3.8, 4) is 0 Å². The van der Waals surface area contributed by atoms with Crippen LogP contribution in [-0.2, 0) is 4.79 Å². The molecule has 0 saturated carbocycles. The Morgan fingerprint density at radius 2 is 1.74 bits per heavy atom. The second kappa shape index (κ2) is 8.58. The molecule has 6 nitrogen and oxygen atoms in total. The number of benzene rings is 1.